The van der Waals surface area contributed by atoms with Gasteiger partial charge in [-0.25, -0.2) is 9.97 Å². The Labute approximate surface area is 117 Å². The van der Waals surface area contributed by atoms with E-state index in [1.165, 1.54) is 11.9 Å². The fraction of sp³-hybridized carbons (Fsp3) is 0.385. The molecule has 0 saturated carbocycles. The van der Waals surface area contributed by atoms with Crippen molar-refractivity contribution in [1.29, 1.82) is 0 Å². The van der Waals surface area contributed by atoms with Crippen LogP contribution in [0, 0.1) is 0 Å². The SMILES string of the molecule is CCCNc1ncnc(NCc2ccsc2)c1OC. The Morgan fingerprint density at radius 2 is 2.05 bits per heavy atom. The van der Waals surface area contributed by atoms with Crippen LogP contribution >= 0.6 is 11.3 Å². The normalized spacial score (nSPS) is 10.2. The topological polar surface area (TPSA) is 59.1 Å². The van der Waals surface area contributed by atoms with E-state index in [2.05, 4.69) is 44.4 Å². The van der Waals surface area contributed by atoms with Crippen molar-refractivity contribution in [3.8, 4) is 5.75 Å². The van der Waals surface area contributed by atoms with Gasteiger partial charge in [0.05, 0.1) is 7.11 Å². The Bertz CT molecular complexity index is 501. The van der Waals surface area contributed by atoms with Crippen LogP contribution in [0.4, 0.5) is 11.6 Å². The lowest BCUT2D eigenvalue weighted by atomic mass is 10.3. The van der Waals surface area contributed by atoms with E-state index >= 15 is 0 Å². The van der Waals surface area contributed by atoms with Gasteiger partial charge in [0, 0.05) is 13.1 Å². The number of methoxy groups -OCH3 is 1. The van der Waals surface area contributed by atoms with Gasteiger partial charge in [-0.15, -0.1) is 0 Å². The first-order valence-electron chi connectivity index (χ1n) is 6.23. The molecule has 19 heavy (non-hydrogen) atoms. The summed E-state index contributed by atoms with van der Waals surface area (Å²) in [5.41, 5.74) is 1.23. The van der Waals surface area contributed by atoms with Crippen LogP contribution in [-0.4, -0.2) is 23.6 Å². The summed E-state index contributed by atoms with van der Waals surface area (Å²) in [6.45, 7) is 3.69. The zero-order valence-corrected chi connectivity index (χ0v) is 12.0. The number of thiophene rings is 1. The second-order valence-electron chi connectivity index (χ2n) is 4.02. The summed E-state index contributed by atoms with van der Waals surface area (Å²) in [6, 6.07) is 2.08. The fourth-order valence-corrected chi connectivity index (χ4v) is 2.31. The minimum atomic E-state index is 0.658. The monoisotopic (exact) mass is 278 g/mol. The first-order valence-corrected chi connectivity index (χ1v) is 7.17. The second kappa shape index (κ2) is 6.94. The molecule has 0 amide bonds. The molecule has 2 aromatic rings. The van der Waals surface area contributed by atoms with Gasteiger partial charge in [-0.3, -0.25) is 0 Å². The van der Waals surface area contributed by atoms with E-state index in [1.54, 1.807) is 18.4 Å². The first kappa shape index (κ1) is 13.6. The highest BCUT2D eigenvalue weighted by molar-refractivity contribution is 7.07. The minimum Gasteiger partial charge on any atom is -0.490 e. The summed E-state index contributed by atoms with van der Waals surface area (Å²) >= 11 is 1.68. The largest absolute Gasteiger partial charge is 0.490 e. The van der Waals surface area contributed by atoms with Crippen molar-refractivity contribution in [2.75, 3.05) is 24.3 Å². The van der Waals surface area contributed by atoms with Gasteiger partial charge in [0.25, 0.3) is 0 Å². The predicted molar refractivity (Wildman–Crippen MR) is 79.0 cm³/mol. The van der Waals surface area contributed by atoms with Crippen LogP contribution in [-0.2, 0) is 6.54 Å². The molecule has 0 unspecified atom stereocenters. The maximum absolute atomic E-state index is 5.40. The summed E-state index contributed by atoms with van der Waals surface area (Å²) in [5.74, 6) is 2.10. The number of nitrogens with zero attached hydrogens (tertiary/aromatic N) is 2. The average molecular weight is 278 g/mol. The Morgan fingerprint density at radius 1 is 1.26 bits per heavy atom. The zero-order valence-electron chi connectivity index (χ0n) is 11.1. The van der Waals surface area contributed by atoms with Gasteiger partial charge in [0.15, 0.2) is 11.6 Å². The van der Waals surface area contributed by atoms with Gasteiger partial charge in [0.1, 0.15) is 6.33 Å². The molecule has 0 spiro atoms. The van der Waals surface area contributed by atoms with E-state index < -0.39 is 0 Å². The Balaban J connectivity index is 2.10. The van der Waals surface area contributed by atoms with Crippen LogP contribution in [0.25, 0.3) is 0 Å². The number of hydrogen-bond donors (Lipinski definition) is 2. The van der Waals surface area contributed by atoms with Gasteiger partial charge >= 0.3 is 0 Å². The molecule has 0 fully saturated rings. The molecular weight excluding hydrogens is 260 g/mol. The van der Waals surface area contributed by atoms with Crippen LogP contribution in [0.5, 0.6) is 5.75 Å². The lowest BCUT2D eigenvalue weighted by Crippen LogP contribution is -2.08. The Morgan fingerprint density at radius 3 is 2.68 bits per heavy atom. The molecule has 0 bridgehead atoms. The maximum Gasteiger partial charge on any atom is 0.204 e. The number of anilines is 2. The fourth-order valence-electron chi connectivity index (χ4n) is 1.64. The van der Waals surface area contributed by atoms with E-state index in [0.717, 1.165) is 25.3 Å². The van der Waals surface area contributed by atoms with E-state index in [1.807, 2.05) is 0 Å². The summed E-state index contributed by atoms with van der Waals surface area (Å²) < 4.78 is 5.40. The number of nitrogens with one attached hydrogen (secondary N) is 2. The lowest BCUT2D eigenvalue weighted by molar-refractivity contribution is 0.414. The zero-order chi connectivity index (χ0) is 13.5. The molecule has 2 rings (SSSR count). The Hall–Kier alpha value is -1.82. The minimum absolute atomic E-state index is 0.658. The smallest absolute Gasteiger partial charge is 0.204 e. The highest BCUT2D eigenvalue weighted by atomic mass is 32.1. The third-order valence-electron chi connectivity index (χ3n) is 2.59. The van der Waals surface area contributed by atoms with Gasteiger partial charge in [-0.1, -0.05) is 6.92 Å². The summed E-state index contributed by atoms with van der Waals surface area (Å²) in [7, 11) is 1.63. The molecule has 0 saturated heterocycles. The number of rotatable bonds is 7. The molecular formula is C13H18N4OS. The molecule has 0 aliphatic carbocycles. The highest BCUT2D eigenvalue weighted by Gasteiger charge is 2.11. The van der Waals surface area contributed by atoms with Crippen molar-refractivity contribution >= 4 is 23.0 Å². The molecule has 2 heterocycles. The van der Waals surface area contributed by atoms with Crippen molar-refractivity contribution < 1.29 is 4.74 Å². The third-order valence-corrected chi connectivity index (χ3v) is 3.32. The van der Waals surface area contributed by atoms with Crippen molar-refractivity contribution in [3.63, 3.8) is 0 Å². The van der Waals surface area contributed by atoms with Crippen molar-refractivity contribution in [2.45, 2.75) is 19.9 Å². The predicted octanol–water partition coefficient (Wildman–Crippen LogP) is 2.98. The van der Waals surface area contributed by atoms with E-state index in [-0.39, 0.29) is 0 Å². The molecule has 0 radical (unpaired) electrons. The number of ether oxygens (including phenoxy) is 1. The summed E-state index contributed by atoms with van der Waals surface area (Å²) in [5, 5.41) is 10.7. The molecule has 0 aliphatic heterocycles. The standard InChI is InChI=1S/C13H18N4OS/c1-3-5-14-12-11(18-2)13(17-9-16-12)15-7-10-4-6-19-8-10/h4,6,8-9H,3,5,7H2,1-2H3,(H2,14,15,16,17). The summed E-state index contributed by atoms with van der Waals surface area (Å²) in [4.78, 5) is 8.44. The van der Waals surface area contributed by atoms with Crippen LogP contribution in [0.3, 0.4) is 0 Å². The van der Waals surface area contributed by atoms with Crippen LogP contribution in [0.1, 0.15) is 18.9 Å². The third kappa shape index (κ3) is 3.57. The van der Waals surface area contributed by atoms with E-state index in [4.69, 9.17) is 4.74 Å². The number of aromatic nitrogens is 2. The van der Waals surface area contributed by atoms with E-state index in [0.29, 0.717) is 11.6 Å². The quantitative estimate of drug-likeness (QED) is 0.815. The molecule has 0 atom stereocenters. The maximum atomic E-state index is 5.40. The van der Waals surface area contributed by atoms with Crippen molar-refractivity contribution in [3.05, 3.63) is 28.7 Å². The number of hydrogen-bond acceptors (Lipinski definition) is 6. The van der Waals surface area contributed by atoms with Gasteiger partial charge in [0.2, 0.25) is 5.75 Å². The highest BCUT2D eigenvalue weighted by Crippen LogP contribution is 2.29. The van der Waals surface area contributed by atoms with Gasteiger partial charge in [-0.05, 0) is 28.8 Å². The van der Waals surface area contributed by atoms with Crippen LogP contribution in [0.15, 0.2) is 23.2 Å². The van der Waals surface area contributed by atoms with Crippen molar-refractivity contribution in [1.82, 2.24) is 9.97 Å². The molecule has 0 aliphatic rings. The lowest BCUT2D eigenvalue weighted by Gasteiger charge is -2.13. The van der Waals surface area contributed by atoms with E-state index in [9.17, 15) is 0 Å². The molecule has 6 heteroatoms. The molecule has 5 nitrogen and oxygen atoms in total. The molecule has 0 aromatic carbocycles. The Kier molecular flexibility index (Phi) is 4.97. The average Bonchev–Trinajstić information content (AvgIpc) is 2.96. The summed E-state index contributed by atoms with van der Waals surface area (Å²) in [6.07, 6.45) is 2.57. The van der Waals surface area contributed by atoms with Gasteiger partial charge in [-0.2, -0.15) is 11.3 Å². The van der Waals surface area contributed by atoms with Gasteiger partial charge < -0.3 is 15.4 Å². The molecule has 102 valence electrons. The van der Waals surface area contributed by atoms with Crippen LogP contribution < -0.4 is 15.4 Å². The van der Waals surface area contributed by atoms with Crippen LogP contribution in [0.2, 0.25) is 0 Å². The van der Waals surface area contributed by atoms with Crippen molar-refractivity contribution in [2.24, 2.45) is 0 Å². The second-order valence-corrected chi connectivity index (χ2v) is 4.80. The molecule has 2 aromatic heterocycles. The molecule has 2 N–H and O–H groups in total. The first-order chi connectivity index (χ1) is 9.35.